The van der Waals surface area contributed by atoms with E-state index in [9.17, 15) is 4.79 Å². The molecule has 0 saturated heterocycles. The summed E-state index contributed by atoms with van der Waals surface area (Å²) in [6.45, 7) is 3.14. The summed E-state index contributed by atoms with van der Waals surface area (Å²) in [6, 6.07) is 4.76. The molecule has 2 heterocycles. The quantitative estimate of drug-likeness (QED) is 0.841. The van der Waals surface area contributed by atoms with Crippen molar-refractivity contribution in [2.24, 2.45) is 0 Å². The molecule has 2 rings (SSSR count). The molecule has 0 bridgehead atoms. The fourth-order valence-corrected chi connectivity index (χ4v) is 1.58. The van der Waals surface area contributed by atoms with Crippen LogP contribution >= 0.6 is 0 Å². The summed E-state index contributed by atoms with van der Waals surface area (Å²) >= 11 is 0. The predicted molar refractivity (Wildman–Crippen MR) is 65.0 cm³/mol. The minimum Gasteiger partial charge on any atom is -0.506 e. The molecule has 0 aromatic carbocycles. The molecule has 0 fully saturated rings. The summed E-state index contributed by atoms with van der Waals surface area (Å²) in [7, 11) is 0. The Bertz CT molecular complexity index is 533. The first-order chi connectivity index (χ1) is 8.70. The lowest BCUT2D eigenvalue weighted by molar-refractivity contribution is 0.0945. The van der Waals surface area contributed by atoms with Gasteiger partial charge in [0.15, 0.2) is 0 Å². The van der Waals surface area contributed by atoms with Crippen LogP contribution in [-0.4, -0.2) is 25.8 Å². The van der Waals surface area contributed by atoms with E-state index in [4.69, 9.17) is 5.11 Å². The van der Waals surface area contributed by atoms with Gasteiger partial charge in [-0.2, -0.15) is 5.10 Å². The molecular formula is C12H14N4O2. The zero-order valence-electron chi connectivity index (χ0n) is 10.00. The highest BCUT2D eigenvalue weighted by Gasteiger charge is 2.08. The summed E-state index contributed by atoms with van der Waals surface area (Å²) in [6.07, 6.45) is 2.94. The van der Waals surface area contributed by atoms with Gasteiger partial charge in [-0.05, 0) is 25.1 Å². The van der Waals surface area contributed by atoms with Gasteiger partial charge >= 0.3 is 0 Å². The summed E-state index contributed by atoms with van der Waals surface area (Å²) < 4.78 is 1.81. The third kappa shape index (κ3) is 2.65. The molecule has 0 aliphatic carbocycles. The number of aromatic nitrogens is 3. The number of pyridine rings is 1. The Balaban J connectivity index is 1.98. The second kappa shape index (κ2) is 5.31. The Morgan fingerprint density at radius 1 is 1.44 bits per heavy atom. The molecule has 0 spiro atoms. The summed E-state index contributed by atoms with van der Waals surface area (Å²) in [4.78, 5) is 15.6. The van der Waals surface area contributed by atoms with Crippen molar-refractivity contribution in [2.45, 2.75) is 20.0 Å². The van der Waals surface area contributed by atoms with Gasteiger partial charge < -0.3 is 10.4 Å². The van der Waals surface area contributed by atoms with Crippen molar-refractivity contribution in [3.05, 3.63) is 42.0 Å². The van der Waals surface area contributed by atoms with Crippen LogP contribution in [0.3, 0.4) is 0 Å². The Hall–Kier alpha value is -2.37. The minimum absolute atomic E-state index is 0.0376. The molecule has 94 valence electrons. The molecule has 0 aliphatic rings. The van der Waals surface area contributed by atoms with E-state index in [-0.39, 0.29) is 17.4 Å². The van der Waals surface area contributed by atoms with Gasteiger partial charge in [0.25, 0.3) is 5.91 Å². The van der Waals surface area contributed by atoms with Crippen LogP contribution in [0.15, 0.2) is 30.6 Å². The van der Waals surface area contributed by atoms with Crippen LogP contribution in [0.4, 0.5) is 0 Å². The lowest BCUT2D eigenvalue weighted by atomic mass is 10.3. The SMILES string of the molecule is CCn1nccc1CNC(=O)c1ccc(O)cn1. The highest BCUT2D eigenvalue weighted by atomic mass is 16.3. The Morgan fingerprint density at radius 3 is 2.94 bits per heavy atom. The lowest BCUT2D eigenvalue weighted by Gasteiger charge is -2.06. The maximum atomic E-state index is 11.8. The van der Waals surface area contributed by atoms with Gasteiger partial charge in [0.1, 0.15) is 11.4 Å². The first-order valence-electron chi connectivity index (χ1n) is 5.64. The second-order valence-corrected chi connectivity index (χ2v) is 3.72. The molecular weight excluding hydrogens is 232 g/mol. The van der Waals surface area contributed by atoms with Crippen molar-refractivity contribution in [3.63, 3.8) is 0 Å². The predicted octanol–water partition coefficient (Wildman–Crippen LogP) is 0.934. The molecule has 6 nitrogen and oxygen atoms in total. The molecule has 2 aromatic rings. The average molecular weight is 246 g/mol. The normalized spacial score (nSPS) is 10.3. The molecule has 6 heteroatoms. The molecule has 2 N–H and O–H groups in total. The number of aromatic hydroxyl groups is 1. The largest absolute Gasteiger partial charge is 0.506 e. The summed E-state index contributed by atoms with van der Waals surface area (Å²) in [5.41, 5.74) is 1.21. The molecule has 2 aromatic heterocycles. The second-order valence-electron chi connectivity index (χ2n) is 3.72. The molecule has 18 heavy (non-hydrogen) atoms. The van der Waals surface area contributed by atoms with E-state index in [1.807, 2.05) is 17.7 Å². The number of amides is 1. The standard InChI is InChI=1S/C12H14N4O2/c1-2-16-9(5-6-15-16)7-14-12(18)11-4-3-10(17)8-13-11/h3-6,8,17H,2,7H2,1H3,(H,14,18). The number of carbonyl (C=O) groups is 1. The van der Waals surface area contributed by atoms with Gasteiger partial charge in [0.2, 0.25) is 0 Å². The van der Waals surface area contributed by atoms with Gasteiger partial charge in [-0.1, -0.05) is 0 Å². The monoisotopic (exact) mass is 246 g/mol. The van der Waals surface area contributed by atoms with Crippen molar-refractivity contribution in [2.75, 3.05) is 0 Å². The van der Waals surface area contributed by atoms with E-state index in [0.717, 1.165) is 12.2 Å². The van der Waals surface area contributed by atoms with Gasteiger partial charge in [-0.25, -0.2) is 4.98 Å². The zero-order valence-corrected chi connectivity index (χ0v) is 10.00. The number of hydrogen-bond acceptors (Lipinski definition) is 4. The van der Waals surface area contributed by atoms with Crippen LogP contribution in [0.1, 0.15) is 23.1 Å². The maximum absolute atomic E-state index is 11.8. The van der Waals surface area contributed by atoms with Gasteiger partial charge in [0.05, 0.1) is 18.4 Å². The fourth-order valence-electron chi connectivity index (χ4n) is 1.58. The van der Waals surface area contributed by atoms with Crippen molar-refractivity contribution in [1.82, 2.24) is 20.1 Å². The van der Waals surface area contributed by atoms with E-state index in [1.54, 1.807) is 6.20 Å². The van der Waals surface area contributed by atoms with E-state index >= 15 is 0 Å². The molecule has 0 aliphatic heterocycles. The van der Waals surface area contributed by atoms with Gasteiger partial charge in [-0.3, -0.25) is 9.48 Å². The van der Waals surface area contributed by atoms with Crippen molar-refractivity contribution >= 4 is 5.91 Å². The van der Waals surface area contributed by atoms with Gasteiger partial charge in [0, 0.05) is 12.7 Å². The van der Waals surface area contributed by atoms with E-state index in [0.29, 0.717) is 6.54 Å². The van der Waals surface area contributed by atoms with Crippen LogP contribution in [0, 0.1) is 0 Å². The highest BCUT2D eigenvalue weighted by Crippen LogP contribution is 2.06. The van der Waals surface area contributed by atoms with Crippen LogP contribution < -0.4 is 5.32 Å². The van der Waals surface area contributed by atoms with Crippen LogP contribution in [0.25, 0.3) is 0 Å². The molecule has 0 atom stereocenters. The average Bonchev–Trinajstić information content (AvgIpc) is 2.84. The number of hydrogen-bond donors (Lipinski definition) is 2. The van der Waals surface area contributed by atoms with Crippen LogP contribution in [0.2, 0.25) is 0 Å². The number of nitrogens with one attached hydrogen (secondary N) is 1. The van der Waals surface area contributed by atoms with Gasteiger partial charge in [-0.15, -0.1) is 0 Å². The van der Waals surface area contributed by atoms with Crippen LogP contribution in [0.5, 0.6) is 5.75 Å². The van der Waals surface area contributed by atoms with E-state index in [2.05, 4.69) is 15.4 Å². The molecule has 0 radical (unpaired) electrons. The smallest absolute Gasteiger partial charge is 0.270 e. The first-order valence-corrected chi connectivity index (χ1v) is 5.64. The number of carbonyl (C=O) groups excluding carboxylic acids is 1. The Labute approximate surface area is 104 Å². The van der Waals surface area contributed by atoms with Crippen molar-refractivity contribution < 1.29 is 9.90 Å². The fraction of sp³-hybridized carbons (Fsp3) is 0.250. The van der Waals surface area contributed by atoms with Crippen molar-refractivity contribution in [3.8, 4) is 5.75 Å². The van der Waals surface area contributed by atoms with Crippen LogP contribution in [-0.2, 0) is 13.1 Å². The Morgan fingerprint density at radius 2 is 2.28 bits per heavy atom. The topological polar surface area (TPSA) is 80.0 Å². The maximum Gasteiger partial charge on any atom is 0.270 e. The summed E-state index contributed by atoms with van der Waals surface area (Å²) in [5.74, 6) is -0.241. The number of rotatable bonds is 4. The van der Waals surface area contributed by atoms with Crippen molar-refractivity contribution in [1.29, 1.82) is 0 Å². The van der Waals surface area contributed by atoms with E-state index < -0.39 is 0 Å². The third-order valence-corrected chi connectivity index (χ3v) is 2.51. The first kappa shape index (κ1) is 12.1. The molecule has 0 saturated carbocycles. The number of nitrogens with zero attached hydrogens (tertiary/aromatic N) is 3. The highest BCUT2D eigenvalue weighted by molar-refractivity contribution is 5.92. The summed E-state index contributed by atoms with van der Waals surface area (Å²) in [5, 5.41) is 15.9. The molecule has 1 amide bonds. The van der Waals surface area contributed by atoms with E-state index in [1.165, 1.54) is 18.3 Å². The Kier molecular flexibility index (Phi) is 3.57. The number of aryl methyl sites for hydroxylation is 1. The minimum atomic E-state index is -0.279. The third-order valence-electron chi connectivity index (χ3n) is 2.51. The molecule has 0 unspecified atom stereocenters. The zero-order chi connectivity index (χ0) is 13.0. The lowest BCUT2D eigenvalue weighted by Crippen LogP contribution is -2.25.